The van der Waals surface area contributed by atoms with Crippen LogP contribution < -0.4 is 0 Å². The van der Waals surface area contributed by atoms with E-state index in [1.165, 1.54) is 16.7 Å². The van der Waals surface area contributed by atoms with Crippen LogP contribution in [-0.4, -0.2) is 0 Å². The van der Waals surface area contributed by atoms with Crippen LogP contribution in [0.4, 0.5) is 0 Å². The summed E-state index contributed by atoms with van der Waals surface area (Å²) in [5, 5.41) is 0. The van der Waals surface area contributed by atoms with Gasteiger partial charge in [-0.1, -0.05) is 49.4 Å². The number of aryl methyl sites for hydroxylation is 1. The third kappa shape index (κ3) is 5.36. The molecule has 0 heterocycles. The van der Waals surface area contributed by atoms with Crippen LogP contribution in [0.1, 0.15) is 31.9 Å². The first kappa shape index (κ1) is 12.7. The van der Waals surface area contributed by atoms with Gasteiger partial charge in [-0.05, 0) is 31.4 Å². The molecule has 76 valence electrons. The van der Waals surface area contributed by atoms with Gasteiger partial charge in [-0.3, -0.25) is 0 Å². The third-order valence-corrected chi connectivity index (χ3v) is 1.66. The zero-order valence-corrected chi connectivity index (χ0v) is 9.51. The van der Waals surface area contributed by atoms with E-state index < -0.39 is 0 Å². The van der Waals surface area contributed by atoms with Crippen molar-refractivity contribution in [3.63, 3.8) is 0 Å². The van der Waals surface area contributed by atoms with Crippen LogP contribution >= 0.6 is 0 Å². The van der Waals surface area contributed by atoms with Crippen LogP contribution in [0.5, 0.6) is 0 Å². The summed E-state index contributed by atoms with van der Waals surface area (Å²) in [5.74, 6) is 0. The maximum absolute atomic E-state index is 3.74. The number of rotatable bonds is 2. The number of allylic oxidation sites excluding steroid dienone is 1. The Kier molecular flexibility index (Phi) is 6.47. The average Bonchev–Trinajstić information content (AvgIpc) is 2.17. The molecule has 0 spiro atoms. The molecular formula is C14H20. The van der Waals surface area contributed by atoms with Gasteiger partial charge >= 0.3 is 0 Å². The zero-order chi connectivity index (χ0) is 11.0. The maximum Gasteiger partial charge on any atom is -0.0231 e. The van der Waals surface area contributed by atoms with E-state index >= 15 is 0 Å². The van der Waals surface area contributed by atoms with Gasteiger partial charge in [-0.15, -0.1) is 6.58 Å². The highest BCUT2D eigenvalue weighted by Crippen LogP contribution is 2.09. The lowest BCUT2D eigenvalue weighted by Gasteiger charge is -1.99. The topological polar surface area (TPSA) is 0 Å². The van der Waals surface area contributed by atoms with Gasteiger partial charge < -0.3 is 0 Å². The molecule has 0 saturated heterocycles. The van der Waals surface area contributed by atoms with Gasteiger partial charge in [0.15, 0.2) is 0 Å². The van der Waals surface area contributed by atoms with E-state index in [1.807, 2.05) is 26.0 Å². The van der Waals surface area contributed by atoms with Crippen molar-refractivity contribution >= 4 is 6.08 Å². The molecule has 0 aromatic heterocycles. The molecule has 1 aromatic carbocycles. The summed E-state index contributed by atoms with van der Waals surface area (Å²) in [4.78, 5) is 0. The Morgan fingerprint density at radius 1 is 1.29 bits per heavy atom. The first-order valence-corrected chi connectivity index (χ1v) is 4.94. The highest BCUT2D eigenvalue weighted by atomic mass is 14.0. The van der Waals surface area contributed by atoms with Crippen LogP contribution in [0.3, 0.4) is 0 Å². The van der Waals surface area contributed by atoms with Crippen molar-refractivity contribution in [2.75, 3.05) is 0 Å². The fraction of sp³-hybridized carbons (Fsp3) is 0.286. The van der Waals surface area contributed by atoms with Crippen LogP contribution in [0, 0.1) is 0 Å². The Bertz CT molecular complexity index is 291. The second-order valence-corrected chi connectivity index (χ2v) is 3.46. The summed E-state index contributed by atoms with van der Waals surface area (Å²) in [6.45, 7) is 13.4. The molecule has 0 saturated carbocycles. The summed E-state index contributed by atoms with van der Waals surface area (Å²) >= 11 is 0. The minimum absolute atomic E-state index is 1.09. The van der Waals surface area contributed by atoms with Crippen molar-refractivity contribution in [3.8, 4) is 0 Å². The van der Waals surface area contributed by atoms with E-state index in [1.54, 1.807) is 0 Å². The van der Waals surface area contributed by atoms with Crippen molar-refractivity contribution in [2.24, 2.45) is 0 Å². The quantitative estimate of drug-likeness (QED) is 0.600. The molecule has 0 aliphatic heterocycles. The van der Waals surface area contributed by atoms with Crippen molar-refractivity contribution < 1.29 is 0 Å². The summed E-state index contributed by atoms with van der Waals surface area (Å²) in [6, 6.07) is 8.32. The normalized spacial score (nSPS) is 8.50. The molecule has 0 amide bonds. The van der Waals surface area contributed by atoms with E-state index in [9.17, 15) is 0 Å². The van der Waals surface area contributed by atoms with Gasteiger partial charge in [0, 0.05) is 0 Å². The van der Waals surface area contributed by atoms with E-state index in [-0.39, 0.29) is 0 Å². The van der Waals surface area contributed by atoms with Gasteiger partial charge in [0.1, 0.15) is 0 Å². The summed E-state index contributed by atoms with van der Waals surface area (Å²) in [5.41, 5.74) is 3.79. The zero-order valence-electron chi connectivity index (χ0n) is 9.51. The molecule has 0 unspecified atom stereocenters. The SMILES string of the molecule is C=C(C)C.C=Cc1ccccc1CC. The maximum atomic E-state index is 3.74. The highest BCUT2D eigenvalue weighted by Gasteiger charge is 1.91. The standard InChI is InChI=1S/C10H12.C4H8/c1-3-9-7-5-6-8-10(9)4-2;1-4(2)3/h3,5-8H,1,4H2,2H3;1H2,2-3H3. The molecule has 0 aliphatic carbocycles. The van der Waals surface area contributed by atoms with Crippen LogP contribution in [0.15, 0.2) is 43.0 Å². The van der Waals surface area contributed by atoms with Crippen LogP contribution in [0.25, 0.3) is 6.08 Å². The molecule has 14 heavy (non-hydrogen) atoms. The fourth-order valence-corrected chi connectivity index (χ4v) is 1.06. The average molecular weight is 188 g/mol. The Balaban J connectivity index is 0.000000364. The van der Waals surface area contributed by atoms with Gasteiger partial charge in [0.2, 0.25) is 0 Å². The molecule has 0 N–H and O–H groups in total. The van der Waals surface area contributed by atoms with E-state index in [2.05, 4.69) is 38.3 Å². The lowest BCUT2D eigenvalue weighted by molar-refractivity contribution is 1.13. The predicted octanol–water partition coefficient (Wildman–Crippen LogP) is 4.47. The summed E-state index contributed by atoms with van der Waals surface area (Å²) in [7, 11) is 0. The van der Waals surface area contributed by atoms with Gasteiger partial charge in [0.05, 0.1) is 0 Å². The minimum atomic E-state index is 1.09. The monoisotopic (exact) mass is 188 g/mol. The van der Waals surface area contributed by atoms with Gasteiger partial charge in [0.25, 0.3) is 0 Å². The predicted molar refractivity (Wildman–Crippen MR) is 66.4 cm³/mol. The molecule has 0 fully saturated rings. The second-order valence-electron chi connectivity index (χ2n) is 3.46. The molecule has 1 rings (SSSR count). The molecule has 0 nitrogen and oxygen atoms in total. The van der Waals surface area contributed by atoms with Crippen LogP contribution in [0.2, 0.25) is 0 Å². The van der Waals surface area contributed by atoms with E-state index in [0.29, 0.717) is 0 Å². The highest BCUT2D eigenvalue weighted by molar-refractivity contribution is 5.51. The molecule has 1 aromatic rings. The van der Waals surface area contributed by atoms with Gasteiger partial charge in [-0.2, -0.15) is 0 Å². The fourth-order valence-electron chi connectivity index (χ4n) is 1.06. The summed E-state index contributed by atoms with van der Waals surface area (Å²) in [6.07, 6.45) is 2.99. The molecule has 0 radical (unpaired) electrons. The molecular weight excluding hydrogens is 168 g/mol. The molecule has 0 heteroatoms. The Morgan fingerprint density at radius 3 is 2.14 bits per heavy atom. The first-order chi connectivity index (χ1) is 6.61. The van der Waals surface area contributed by atoms with Crippen molar-refractivity contribution in [2.45, 2.75) is 27.2 Å². The number of benzene rings is 1. The smallest absolute Gasteiger partial charge is 0.0231 e. The number of hydrogen-bond donors (Lipinski definition) is 0. The molecule has 0 atom stereocenters. The third-order valence-electron chi connectivity index (χ3n) is 1.66. The second kappa shape index (κ2) is 7.14. The molecule has 0 aliphatic rings. The van der Waals surface area contributed by atoms with Crippen molar-refractivity contribution in [3.05, 3.63) is 54.1 Å². The largest absolute Gasteiger partial charge is 0.100 e. The van der Waals surface area contributed by atoms with E-state index in [0.717, 1.165) is 6.42 Å². The Morgan fingerprint density at radius 2 is 1.79 bits per heavy atom. The van der Waals surface area contributed by atoms with Gasteiger partial charge in [-0.25, -0.2) is 0 Å². The van der Waals surface area contributed by atoms with Crippen molar-refractivity contribution in [1.82, 2.24) is 0 Å². The molecule has 0 bridgehead atoms. The lowest BCUT2D eigenvalue weighted by Crippen LogP contribution is -1.83. The Hall–Kier alpha value is -1.30. The minimum Gasteiger partial charge on any atom is -0.100 e. The Labute approximate surface area is 88.0 Å². The first-order valence-electron chi connectivity index (χ1n) is 4.94. The summed E-state index contributed by atoms with van der Waals surface area (Å²) < 4.78 is 0. The lowest BCUT2D eigenvalue weighted by atomic mass is 10.1. The van der Waals surface area contributed by atoms with Crippen molar-refractivity contribution in [1.29, 1.82) is 0 Å². The number of hydrogen-bond acceptors (Lipinski definition) is 0. The van der Waals surface area contributed by atoms with Crippen LogP contribution in [-0.2, 0) is 6.42 Å². The van der Waals surface area contributed by atoms with E-state index in [4.69, 9.17) is 0 Å².